The molecule has 0 aliphatic rings. The third-order valence-corrected chi connectivity index (χ3v) is 3.39. The van der Waals surface area contributed by atoms with Crippen LogP contribution in [0.25, 0.3) is 0 Å². The molecule has 1 aromatic heterocycles. The summed E-state index contributed by atoms with van der Waals surface area (Å²) < 4.78 is 9.91. The van der Waals surface area contributed by atoms with E-state index in [0.29, 0.717) is 22.3 Å². The molecule has 8 heteroatoms. The summed E-state index contributed by atoms with van der Waals surface area (Å²) in [4.78, 5) is 20.0. The molecule has 0 spiro atoms. The molecule has 23 heavy (non-hydrogen) atoms. The molecule has 0 unspecified atom stereocenters. The zero-order valence-electron chi connectivity index (χ0n) is 13.1. The zero-order chi connectivity index (χ0) is 16.8. The van der Waals surface area contributed by atoms with Crippen molar-refractivity contribution in [1.82, 2.24) is 9.97 Å². The fourth-order valence-corrected chi connectivity index (χ4v) is 2.10. The number of aromatic nitrogens is 2. The molecule has 0 aliphatic carbocycles. The predicted molar refractivity (Wildman–Crippen MR) is 90.3 cm³/mol. The van der Waals surface area contributed by atoms with Gasteiger partial charge in [0.1, 0.15) is 0 Å². The molecule has 0 atom stereocenters. The molecule has 0 aliphatic heterocycles. The van der Waals surface area contributed by atoms with E-state index in [4.69, 9.17) is 15.2 Å². The highest BCUT2D eigenvalue weighted by atomic mass is 32.2. The minimum absolute atomic E-state index is 0.169. The van der Waals surface area contributed by atoms with Crippen LogP contribution in [0.1, 0.15) is 12.5 Å². The lowest BCUT2D eigenvalue weighted by Crippen LogP contribution is -2.12. The summed E-state index contributed by atoms with van der Waals surface area (Å²) in [5.41, 5.74) is 8.23. The first-order chi connectivity index (χ1) is 11.0. The minimum Gasteiger partial charge on any atom is -0.434 e. The Hall–Kier alpha value is -2.48. The Morgan fingerprint density at radius 3 is 2.91 bits per heavy atom. The maximum Gasteiger partial charge on any atom is 0.514 e. The summed E-state index contributed by atoms with van der Waals surface area (Å²) >= 11 is 1.37. The second-order valence-corrected chi connectivity index (χ2v) is 5.34. The zero-order valence-corrected chi connectivity index (χ0v) is 13.9. The van der Waals surface area contributed by atoms with Gasteiger partial charge in [0.05, 0.1) is 24.2 Å². The number of anilines is 3. The van der Waals surface area contributed by atoms with Gasteiger partial charge in [0.25, 0.3) is 0 Å². The van der Waals surface area contributed by atoms with E-state index in [0.717, 1.165) is 5.56 Å². The van der Waals surface area contributed by atoms with Gasteiger partial charge in [0.2, 0.25) is 0 Å². The minimum atomic E-state index is -0.812. The lowest BCUT2D eigenvalue weighted by Gasteiger charge is -2.13. The van der Waals surface area contributed by atoms with Crippen LogP contribution < -0.4 is 15.8 Å². The summed E-state index contributed by atoms with van der Waals surface area (Å²) in [5, 5.41) is 3.62. The molecule has 0 fully saturated rings. The first-order valence-electron chi connectivity index (χ1n) is 6.92. The van der Waals surface area contributed by atoms with Gasteiger partial charge in [0, 0.05) is 0 Å². The molecule has 3 N–H and O–H groups in total. The topological polar surface area (TPSA) is 99.4 Å². The summed E-state index contributed by atoms with van der Waals surface area (Å²) in [6, 6.07) is 5.58. The van der Waals surface area contributed by atoms with Gasteiger partial charge in [0.15, 0.2) is 16.7 Å². The fourth-order valence-electron chi connectivity index (χ4n) is 1.76. The van der Waals surface area contributed by atoms with Crippen LogP contribution in [0.5, 0.6) is 5.75 Å². The normalized spacial score (nSPS) is 10.2. The van der Waals surface area contributed by atoms with E-state index in [9.17, 15) is 4.79 Å². The van der Waals surface area contributed by atoms with Crippen LogP contribution in [-0.4, -0.2) is 29.0 Å². The molecule has 0 amide bonds. The van der Waals surface area contributed by atoms with Crippen LogP contribution in [0.15, 0.2) is 29.6 Å². The molecule has 1 aromatic carbocycles. The highest BCUT2D eigenvalue weighted by Crippen LogP contribution is 2.30. The molecule has 0 radical (unpaired) electrons. The molecule has 0 bridgehead atoms. The van der Waals surface area contributed by atoms with Crippen LogP contribution in [-0.2, 0) is 4.74 Å². The van der Waals surface area contributed by atoms with Gasteiger partial charge in [-0.05, 0) is 37.8 Å². The van der Waals surface area contributed by atoms with Crippen molar-refractivity contribution in [1.29, 1.82) is 0 Å². The SMILES string of the molecule is CCOC(=O)Oc1cnc(SC)nc1Nc1cc(C)ccc1N. The lowest BCUT2D eigenvalue weighted by molar-refractivity contribution is 0.104. The highest BCUT2D eigenvalue weighted by molar-refractivity contribution is 7.98. The lowest BCUT2D eigenvalue weighted by atomic mass is 10.2. The van der Waals surface area contributed by atoms with Gasteiger partial charge in [-0.3, -0.25) is 0 Å². The maximum absolute atomic E-state index is 11.5. The number of carbonyl (C=O) groups excluding carboxylic acids is 1. The van der Waals surface area contributed by atoms with Crippen molar-refractivity contribution in [2.24, 2.45) is 0 Å². The van der Waals surface area contributed by atoms with E-state index >= 15 is 0 Å². The number of nitrogens with two attached hydrogens (primary N) is 1. The number of carbonyl (C=O) groups is 1. The number of nitrogens with one attached hydrogen (secondary N) is 1. The van der Waals surface area contributed by atoms with Crippen molar-refractivity contribution in [3.05, 3.63) is 30.0 Å². The molecule has 7 nitrogen and oxygen atoms in total. The monoisotopic (exact) mass is 334 g/mol. The Kier molecular flexibility index (Phi) is 5.64. The van der Waals surface area contributed by atoms with Gasteiger partial charge in [-0.25, -0.2) is 14.8 Å². The third kappa shape index (κ3) is 4.49. The summed E-state index contributed by atoms with van der Waals surface area (Å²) in [7, 11) is 0. The number of rotatable bonds is 5. The third-order valence-electron chi connectivity index (χ3n) is 2.83. The molecular formula is C15H18N4O3S. The van der Waals surface area contributed by atoms with Crippen molar-refractivity contribution in [2.45, 2.75) is 19.0 Å². The Morgan fingerprint density at radius 1 is 1.43 bits per heavy atom. The number of ether oxygens (including phenoxy) is 2. The van der Waals surface area contributed by atoms with Gasteiger partial charge in [-0.2, -0.15) is 0 Å². The number of benzene rings is 1. The summed E-state index contributed by atoms with van der Waals surface area (Å²) in [6.07, 6.45) is 2.46. The quantitative estimate of drug-likeness (QED) is 0.371. The number of thioether (sulfide) groups is 1. The van der Waals surface area contributed by atoms with Crippen molar-refractivity contribution in [2.75, 3.05) is 23.9 Å². The average molecular weight is 334 g/mol. The van der Waals surface area contributed by atoms with Crippen LogP contribution >= 0.6 is 11.8 Å². The Bertz CT molecular complexity index is 709. The van der Waals surface area contributed by atoms with Crippen LogP contribution in [0.4, 0.5) is 22.0 Å². The van der Waals surface area contributed by atoms with E-state index in [2.05, 4.69) is 15.3 Å². The second kappa shape index (κ2) is 7.68. The summed E-state index contributed by atoms with van der Waals surface area (Å²) in [5.74, 6) is 0.511. The molecule has 2 aromatic rings. The van der Waals surface area contributed by atoms with Crippen LogP contribution in [0.2, 0.25) is 0 Å². The number of nitrogens with zero attached hydrogens (tertiary/aromatic N) is 2. The smallest absolute Gasteiger partial charge is 0.434 e. The molecule has 1 heterocycles. The first kappa shape index (κ1) is 16.9. The van der Waals surface area contributed by atoms with Crippen LogP contribution in [0, 0.1) is 6.92 Å². The van der Waals surface area contributed by atoms with E-state index in [-0.39, 0.29) is 12.4 Å². The molecule has 122 valence electrons. The maximum atomic E-state index is 11.5. The summed E-state index contributed by atoms with van der Waals surface area (Å²) in [6.45, 7) is 3.87. The van der Waals surface area contributed by atoms with Crippen molar-refractivity contribution in [3.63, 3.8) is 0 Å². The largest absolute Gasteiger partial charge is 0.514 e. The van der Waals surface area contributed by atoms with E-state index in [1.165, 1.54) is 18.0 Å². The predicted octanol–water partition coefficient (Wildman–Crippen LogP) is 3.37. The van der Waals surface area contributed by atoms with Gasteiger partial charge < -0.3 is 20.5 Å². The van der Waals surface area contributed by atoms with Gasteiger partial charge >= 0.3 is 6.16 Å². The van der Waals surface area contributed by atoms with Crippen LogP contribution in [0.3, 0.4) is 0 Å². The van der Waals surface area contributed by atoms with Gasteiger partial charge in [-0.15, -0.1) is 0 Å². The molecule has 0 saturated carbocycles. The number of aryl methyl sites for hydroxylation is 1. The van der Waals surface area contributed by atoms with E-state index < -0.39 is 6.16 Å². The van der Waals surface area contributed by atoms with Crippen molar-refractivity contribution < 1.29 is 14.3 Å². The average Bonchev–Trinajstić information content (AvgIpc) is 2.52. The van der Waals surface area contributed by atoms with Gasteiger partial charge in [-0.1, -0.05) is 17.8 Å². The Morgan fingerprint density at radius 2 is 2.22 bits per heavy atom. The number of nitrogen functional groups attached to an aromatic ring is 1. The first-order valence-corrected chi connectivity index (χ1v) is 8.14. The highest BCUT2D eigenvalue weighted by Gasteiger charge is 2.14. The second-order valence-electron chi connectivity index (χ2n) is 4.57. The standard InChI is InChI=1S/C15H18N4O3S/c1-4-21-15(20)22-12-8-17-14(23-3)19-13(12)18-11-7-9(2)5-6-10(11)16/h5-8H,4,16H2,1-3H3,(H,17,18,19). The Balaban J connectivity index is 2.34. The van der Waals surface area contributed by atoms with E-state index in [1.807, 2.05) is 25.3 Å². The molecular weight excluding hydrogens is 316 g/mol. The van der Waals surface area contributed by atoms with E-state index in [1.54, 1.807) is 13.0 Å². The van der Waals surface area contributed by atoms with Crippen molar-refractivity contribution in [3.8, 4) is 5.75 Å². The van der Waals surface area contributed by atoms with Crippen molar-refractivity contribution >= 4 is 35.1 Å². The fraction of sp³-hybridized carbons (Fsp3) is 0.267. The number of hydrogen-bond acceptors (Lipinski definition) is 8. The molecule has 0 saturated heterocycles. The molecule has 2 rings (SSSR count). The Labute approximate surface area is 138 Å². The number of hydrogen-bond donors (Lipinski definition) is 2.